The van der Waals surface area contributed by atoms with Crippen molar-refractivity contribution in [3.63, 3.8) is 0 Å². The van der Waals surface area contributed by atoms with E-state index in [9.17, 15) is 9.59 Å². The minimum absolute atomic E-state index is 0.0305. The van der Waals surface area contributed by atoms with E-state index < -0.39 is 17.5 Å². The van der Waals surface area contributed by atoms with E-state index in [2.05, 4.69) is 0 Å². The summed E-state index contributed by atoms with van der Waals surface area (Å²) in [6.07, 6.45) is 5.30. The highest BCUT2D eigenvalue weighted by atomic mass is 16.7. The third-order valence-electron chi connectivity index (χ3n) is 4.80. The highest BCUT2D eigenvalue weighted by molar-refractivity contribution is 5.78. The average Bonchev–Trinajstić information content (AvgIpc) is 2.91. The molecule has 3 rings (SSSR count). The smallest absolute Gasteiger partial charge is 0.463 e. The molecule has 2 unspecified atom stereocenters. The van der Waals surface area contributed by atoms with Crippen LogP contribution in [0.15, 0.2) is 0 Å². The van der Waals surface area contributed by atoms with E-state index in [4.69, 9.17) is 38.3 Å². The van der Waals surface area contributed by atoms with Crippen LogP contribution < -0.4 is 0 Å². The average molecular weight is 495 g/mol. The van der Waals surface area contributed by atoms with Gasteiger partial charge in [0.2, 0.25) is 0 Å². The fraction of sp³-hybridized carbons (Fsp3) is 0.917. The summed E-state index contributed by atoms with van der Waals surface area (Å²) in [6, 6.07) is 0. The van der Waals surface area contributed by atoms with E-state index in [1.165, 1.54) is 6.42 Å². The summed E-state index contributed by atoms with van der Waals surface area (Å²) in [5.74, 6) is -0.460. The zero-order chi connectivity index (χ0) is 25.7. The van der Waals surface area contributed by atoms with Gasteiger partial charge >= 0.3 is 12.1 Å². The van der Waals surface area contributed by atoms with Crippen molar-refractivity contribution in [2.75, 3.05) is 52.9 Å². The molecule has 1 N–H and O–H groups in total. The second-order valence-corrected chi connectivity index (χ2v) is 7.58. The molecule has 0 spiro atoms. The Labute approximate surface area is 204 Å². The van der Waals surface area contributed by atoms with Crippen LogP contribution in [0.5, 0.6) is 0 Å². The Morgan fingerprint density at radius 3 is 1.82 bits per heavy atom. The molecule has 3 heterocycles. The number of carbonyl (C=O) groups excluding carboxylic acids is 2. The Morgan fingerprint density at radius 2 is 1.38 bits per heavy atom. The Hall–Kier alpha value is -1.46. The van der Waals surface area contributed by atoms with Crippen LogP contribution in [0.3, 0.4) is 0 Å². The highest BCUT2D eigenvalue weighted by Crippen LogP contribution is 2.24. The predicted molar refractivity (Wildman–Crippen MR) is 125 cm³/mol. The van der Waals surface area contributed by atoms with E-state index >= 15 is 0 Å². The molecule has 0 aromatic rings. The van der Waals surface area contributed by atoms with Gasteiger partial charge in [-0.1, -0.05) is 27.7 Å². The SMILES string of the molecule is CC.CC.CC1(C(=O)OCCOC2CCCCO2)COC(=O)OC1.OCCOC1CCCCO1. The van der Waals surface area contributed by atoms with Gasteiger partial charge in [0.25, 0.3) is 0 Å². The van der Waals surface area contributed by atoms with E-state index in [-0.39, 0.29) is 45.6 Å². The first-order chi connectivity index (χ1) is 16.5. The number of cyclic esters (lactones) is 2. The van der Waals surface area contributed by atoms with Crippen molar-refractivity contribution in [3.8, 4) is 0 Å². The van der Waals surface area contributed by atoms with Gasteiger partial charge in [-0.2, -0.15) is 0 Å². The molecule has 0 saturated carbocycles. The van der Waals surface area contributed by atoms with Crippen LogP contribution in [0.4, 0.5) is 4.79 Å². The van der Waals surface area contributed by atoms with Gasteiger partial charge in [-0.25, -0.2) is 4.79 Å². The molecule has 0 aliphatic carbocycles. The van der Waals surface area contributed by atoms with Crippen molar-refractivity contribution in [1.29, 1.82) is 0 Å². The molecule has 10 nitrogen and oxygen atoms in total. The summed E-state index contributed by atoms with van der Waals surface area (Å²) in [6.45, 7) is 12.0. The lowest BCUT2D eigenvalue weighted by Crippen LogP contribution is -2.44. The molecule has 10 heteroatoms. The molecule has 3 saturated heterocycles. The van der Waals surface area contributed by atoms with Crippen molar-refractivity contribution < 1.29 is 47.9 Å². The van der Waals surface area contributed by atoms with Crippen LogP contribution in [-0.4, -0.2) is 82.7 Å². The van der Waals surface area contributed by atoms with E-state index in [1.54, 1.807) is 6.92 Å². The van der Waals surface area contributed by atoms with Crippen LogP contribution in [0.2, 0.25) is 0 Å². The number of aliphatic hydroxyl groups excluding tert-OH is 1. The molecule has 34 heavy (non-hydrogen) atoms. The largest absolute Gasteiger partial charge is 0.508 e. The summed E-state index contributed by atoms with van der Waals surface area (Å²) in [5, 5.41) is 8.42. The van der Waals surface area contributed by atoms with Gasteiger partial charge in [0.1, 0.15) is 25.2 Å². The Kier molecular flexibility index (Phi) is 20.0. The molecule has 3 aliphatic rings. The molecular formula is C24H46O10. The number of aliphatic hydroxyl groups is 1. The van der Waals surface area contributed by atoms with Crippen molar-refractivity contribution >= 4 is 12.1 Å². The molecule has 0 bridgehead atoms. The maximum absolute atomic E-state index is 11.9. The van der Waals surface area contributed by atoms with Crippen LogP contribution in [0, 0.1) is 5.41 Å². The minimum atomic E-state index is -0.949. The molecule has 0 amide bonds. The quantitative estimate of drug-likeness (QED) is 0.394. The third kappa shape index (κ3) is 14.1. The van der Waals surface area contributed by atoms with Crippen LogP contribution in [0.1, 0.15) is 73.1 Å². The second-order valence-electron chi connectivity index (χ2n) is 7.58. The first-order valence-electron chi connectivity index (χ1n) is 12.6. The van der Waals surface area contributed by atoms with Crippen LogP contribution in [0.25, 0.3) is 0 Å². The maximum Gasteiger partial charge on any atom is 0.508 e. The zero-order valence-electron chi connectivity index (χ0n) is 21.7. The van der Waals surface area contributed by atoms with Crippen molar-refractivity contribution in [3.05, 3.63) is 0 Å². The monoisotopic (exact) mass is 494 g/mol. The van der Waals surface area contributed by atoms with Gasteiger partial charge in [-0.15, -0.1) is 0 Å². The van der Waals surface area contributed by atoms with Crippen LogP contribution >= 0.6 is 0 Å². The lowest BCUT2D eigenvalue weighted by molar-refractivity contribution is -0.182. The predicted octanol–water partition coefficient (Wildman–Crippen LogP) is 3.82. The van der Waals surface area contributed by atoms with Gasteiger partial charge in [0.15, 0.2) is 12.6 Å². The number of ether oxygens (including phenoxy) is 7. The van der Waals surface area contributed by atoms with Crippen molar-refractivity contribution in [2.24, 2.45) is 5.41 Å². The van der Waals surface area contributed by atoms with Gasteiger partial charge in [0.05, 0.1) is 19.8 Å². The molecule has 3 fully saturated rings. The lowest BCUT2D eigenvalue weighted by atomic mass is 9.93. The molecule has 0 aromatic heterocycles. The van der Waals surface area contributed by atoms with Crippen molar-refractivity contribution in [2.45, 2.75) is 85.7 Å². The Morgan fingerprint density at radius 1 is 0.882 bits per heavy atom. The highest BCUT2D eigenvalue weighted by Gasteiger charge is 2.41. The standard InChI is InChI=1S/C13H20O7.C7H14O3.2C2H6/c1-13(8-19-12(15)20-9-13)11(14)18-7-6-17-10-4-2-3-5-16-10;8-4-6-10-7-3-1-2-5-9-7;2*1-2/h10H,2-9H2,1H3;7-8H,1-6H2;2*1-2H3. The summed E-state index contributed by atoms with van der Waals surface area (Å²) in [7, 11) is 0. The Balaban J connectivity index is 0.000000653. The molecule has 3 aliphatic heterocycles. The molecule has 0 radical (unpaired) electrons. The fourth-order valence-electron chi connectivity index (χ4n) is 3.00. The maximum atomic E-state index is 11.9. The normalized spacial score (nSPS) is 23.2. The second kappa shape index (κ2) is 20.9. The summed E-state index contributed by atoms with van der Waals surface area (Å²) < 4.78 is 35.8. The summed E-state index contributed by atoms with van der Waals surface area (Å²) in [4.78, 5) is 22.7. The first-order valence-corrected chi connectivity index (χ1v) is 12.6. The van der Waals surface area contributed by atoms with Gasteiger partial charge in [-0.3, -0.25) is 4.79 Å². The van der Waals surface area contributed by atoms with E-state index in [0.717, 1.165) is 38.7 Å². The number of hydrogen-bond acceptors (Lipinski definition) is 10. The summed E-state index contributed by atoms with van der Waals surface area (Å²) >= 11 is 0. The van der Waals surface area contributed by atoms with Gasteiger partial charge < -0.3 is 38.3 Å². The molecular weight excluding hydrogens is 448 g/mol. The zero-order valence-corrected chi connectivity index (χ0v) is 21.7. The fourth-order valence-corrected chi connectivity index (χ4v) is 3.00. The number of hydrogen-bond donors (Lipinski definition) is 1. The first kappa shape index (κ1) is 32.5. The number of carbonyl (C=O) groups is 2. The van der Waals surface area contributed by atoms with Gasteiger partial charge in [0, 0.05) is 13.2 Å². The van der Waals surface area contributed by atoms with E-state index in [1.807, 2.05) is 27.7 Å². The molecule has 2 atom stereocenters. The minimum Gasteiger partial charge on any atom is -0.463 e. The molecule has 0 aromatic carbocycles. The van der Waals surface area contributed by atoms with E-state index in [0.29, 0.717) is 13.2 Å². The third-order valence-corrected chi connectivity index (χ3v) is 4.80. The summed E-state index contributed by atoms with van der Waals surface area (Å²) in [5.41, 5.74) is -0.949. The van der Waals surface area contributed by atoms with Crippen molar-refractivity contribution in [1.82, 2.24) is 0 Å². The van der Waals surface area contributed by atoms with Gasteiger partial charge in [-0.05, 0) is 45.4 Å². The topological polar surface area (TPSA) is 119 Å². The Bertz CT molecular complexity index is 492. The lowest BCUT2D eigenvalue weighted by Gasteiger charge is -2.29. The number of esters is 1. The molecule has 202 valence electrons. The number of rotatable bonds is 8. The van der Waals surface area contributed by atoms with Crippen LogP contribution in [-0.2, 0) is 38.0 Å².